The lowest BCUT2D eigenvalue weighted by Crippen LogP contribution is -2.37. The second-order valence-corrected chi connectivity index (χ2v) is 4.62. The van der Waals surface area contributed by atoms with Crippen molar-refractivity contribution in [2.75, 3.05) is 20.8 Å². The van der Waals surface area contributed by atoms with Crippen molar-refractivity contribution < 1.29 is 14.3 Å². The lowest BCUT2D eigenvalue weighted by atomic mass is 10.0. The van der Waals surface area contributed by atoms with Gasteiger partial charge in [0.25, 0.3) is 0 Å². The molecule has 0 saturated carbocycles. The van der Waals surface area contributed by atoms with Crippen LogP contribution >= 0.6 is 0 Å². The Morgan fingerprint density at radius 2 is 1.95 bits per heavy atom. The minimum Gasteiger partial charge on any atom is -0.496 e. The third-order valence-corrected chi connectivity index (χ3v) is 3.38. The van der Waals surface area contributed by atoms with E-state index >= 15 is 0 Å². The average molecular weight is 265 g/mol. The molecule has 0 aliphatic heterocycles. The smallest absolute Gasteiger partial charge is 0.309 e. The van der Waals surface area contributed by atoms with Gasteiger partial charge in [0.1, 0.15) is 5.75 Å². The van der Waals surface area contributed by atoms with E-state index in [2.05, 4.69) is 11.4 Å². The van der Waals surface area contributed by atoms with Gasteiger partial charge in [-0.2, -0.15) is 0 Å². The Kier molecular flexibility index (Phi) is 6.36. The summed E-state index contributed by atoms with van der Waals surface area (Å²) in [4.78, 5) is 11.4. The van der Waals surface area contributed by atoms with E-state index in [9.17, 15) is 4.79 Å². The van der Waals surface area contributed by atoms with E-state index in [0.717, 1.165) is 24.3 Å². The molecule has 1 aromatic rings. The van der Waals surface area contributed by atoms with Crippen molar-refractivity contribution in [1.82, 2.24) is 5.32 Å². The number of ether oxygens (including phenoxy) is 2. The molecule has 1 N–H and O–H groups in total. The fraction of sp³-hybridized carbons (Fsp3) is 0.533. The van der Waals surface area contributed by atoms with Gasteiger partial charge in [-0.25, -0.2) is 0 Å². The fourth-order valence-corrected chi connectivity index (χ4v) is 1.91. The summed E-state index contributed by atoms with van der Waals surface area (Å²) in [5.74, 6) is 0.568. The first-order chi connectivity index (χ1) is 9.10. The lowest BCUT2D eigenvalue weighted by Gasteiger charge is -2.19. The summed E-state index contributed by atoms with van der Waals surface area (Å²) in [5, 5.41) is 3.34. The van der Waals surface area contributed by atoms with Crippen LogP contribution < -0.4 is 10.1 Å². The summed E-state index contributed by atoms with van der Waals surface area (Å²) >= 11 is 0. The van der Waals surface area contributed by atoms with Gasteiger partial charge in [0.2, 0.25) is 0 Å². The molecule has 0 aliphatic carbocycles. The highest BCUT2D eigenvalue weighted by atomic mass is 16.5. The third kappa shape index (κ3) is 4.56. The van der Waals surface area contributed by atoms with Gasteiger partial charge in [0.05, 0.1) is 20.1 Å². The quantitative estimate of drug-likeness (QED) is 0.766. The molecule has 4 heteroatoms. The summed E-state index contributed by atoms with van der Waals surface area (Å²) in [6.07, 6.45) is 0.863. The molecule has 0 radical (unpaired) electrons. The number of para-hydroxylation sites is 1. The van der Waals surface area contributed by atoms with Crippen LogP contribution in [0.4, 0.5) is 0 Å². The SMILES string of the molecule is COC(=O)C(C)C(C)NCCc1ccccc1OC. The predicted octanol–water partition coefficient (Wildman–Crippen LogP) is 2.02. The van der Waals surface area contributed by atoms with E-state index in [4.69, 9.17) is 9.47 Å². The second kappa shape index (κ2) is 7.79. The van der Waals surface area contributed by atoms with Gasteiger partial charge in [-0.1, -0.05) is 25.1 Å². The van der Waals surface area contributed by atoms with Crippen molar-refractivity contribution in [1.29, 1.82) is 0 Å². The Labute approximate surface area is 115 Å². The minimum absolute atomic E-state index is 0.0853. The molecule has 0 bridgehead atoms. The Morgan fingerprint density at radius 1 is 1.26 bits per heavy atom. The Bertz CT molecular complexity index is 406. The molecule has 4 nitrogen and oxygen atoms in total. The number of benzene rings is 1. The molecule has 1 aromatic carbocycles. The normalized spacial score (nSPS) is 13.7. The maximum atomic E-state index is 11.4. The van der Waals surface area contributed by atoms with E-state index in [1.165, 1.54) is 7.11 Å². The number of nitrogens with one attached hydrogen (secondary N) is 1. The van der Waals surface area contributed by atoms with Gasteiger partial charge in [0.15, 0.2) is 0 Å². The van der Waals surface area contributed by atoms with Crippen LogP contribution in [0.25, 0.3) is 0 Å². The zero-order valence-corrected chi connectivity index (χ0v) is 12.1. The Balaban J connectivity index is 2.43. The van der Waals surface area contributed by atoms with E-state index < -0.39 is 0 Å². The van der Waals surface area contributed by atoms with Crippen LogP contribution in [0.5, 0.6) is 5.75 Å². The summed E-state index contributed by atoms with van der Waals surface area (Å²) < 4.78 is 10.0. The van der Waals surface area contributed by atoms with Gasteiger partial charge >= 0.3 is 5.97 Å². The molecule has 0 amide bonds. The number of carbonyl (C=O) groups excluding carboxylic acids is 1. The van der Waals surface area contributed by atoms with Crippen molar-refractivity contribution in [3.05, 3.63) is 29.8 Å². The van der Waals surface area contributed by atoms with Crippen LogP contribution in [0.1, 0.15) is 19.4 Å². The van der Waals surface area contributed by atoms with Crippen LogP contribution in [-0.4, -0.2) is 32.8 Å². The molecular weight excluding hydrogens is 242 g/mol. The average Bonchev–Trinajstić information content (AvgIpc) is 2.45. The molecule has 0 aliphatic rings. The molecule has 0 heterocycles. The topological polar surface area (TPSA) is 47.6 Å². The maximum absolute atomic E-state index is 11.4. The van der Waals surface area contributed by atoms with Gasteiger partial charge in [-0.3, -0.25) is 4.79 Å². The van der Waals surface area contributed by atoms with Crippen molar-refractivity contribution in [3.8, 4) is 5.75 Å². The minimum atomic E-state index is -0.183. The van der Waals surface area contributed by atoms with Crippen LogP contribution in [0.15, 0.2) is 24.3 Å². The Hall–Kier alpha value is -1.55. The molecule has 0 saturated heterocycles. The first-order valence-corrected chi connectivity index (χ1v) is 6.53. The van der Waals surface area contributed by atoms with Gasteiger partial charge in [-0.05, 0) is 31.5 Å². The largest absolute Gasteiger partial charge is 0.496 e. The predicted molar refractivity (Wildman–Crippen MR) is 75.3 cm³/mol. The number of hydrogen-bond acceptors (Lipinski definition) is 4. The fourth-order valence-electron chi connectivity index (χ4n) is 1.91. The summed E-state index contributed by atoms with van der Waals surface area (Å²) in [7, 11) is 3.09. The molecule has 0 spiro atoms. The van der Waals surface area contributed by atoms with Crippen LogP contribution in [-0.2, 0) is 16.0 Å². The van der Waals surface area contributed by atoms with Crippen molar-refractivity contribution >= 4 is 5.97 Å². The molecule has 0 fully saturated rings. The van der Waals surface area contributed by atoms with Crippen molar-refractivity contribution in [2.45, 2.75) is 26.3 Å². The van der Waals surface area contributed by atoms with Crippen molar-refractivity contribution in [2.24, 2.45) is 5.92 Å². The highest BCUT2D eigenvalue weighted by Crippen LogP contribution is 2.17. The number of hydrogen-bond donors (Lipinski definition) is 1. The maximum Gasteiger partial charge on any atom is 0.309 e. The van der Waals surface area contributed by atoms with E-state index in [1.54, 1.807) is 7.11 Å². The summed E-state index contributed by atoms with van der Waals surface area (Å²) in [5.41, 5.74) is 1.16. The molecular formula is C15H23NO3. The second-order valence-electron chi connectivity index (χ2n) is 4.62. The number of methoxy groups -OCH3 is 2. The highest BCUT2D eigenvalue weighted by Gasteiger charge is 2.20. The molecule has 2 unspecified atom stereocenters. The summed E-state index contributed by atoms with van der Waals surface area (Å²) in [6, 6.07) is 8.04. The van der Waals surface area contributed by atoms with Crippen LogP contribution in [0, 0.1) is 5.92 Å². The van der Waals surface area contributed by atoms with E-state index in [1.807, 2.05) is 32.0 Å². The first-order valence-electron chi connectivity index (χ1n) is 6.53. The molecule has 106 valence electrons. The number of carbonyl (C=O) groups is 1. The zero-order valence-electron chi connectivity index (χ0n) is 12.1. The standard InChI is InChI=1S/C15H23NO3/c1-11(15(17)19-4)12(2)16-10-9-13-7-5-6-8-14(13)18-3/h5-8,11-12,16H,9-10H2,1-4H3. The number of rotatable bonds is 7. The summed E-state index contributed by atoms with van der Waals surface area (Å²) in [6.45, 7) is 4.65. The van der Waals surface area contributed by atoms with E-state index in [-0.39, 0.29) is 17.9 Å². The molecule has 19 heavy (non-hydrogen) atoms. The number of esters is 1. The zero-order chi connectivity index (χ0) is 14.3. The van der Waals surface area contributed by atoms with Gasteiger partial charge < -0.3 is 14.8 Å². The highest BCUT2D eigenvalue weighted by molar-refractivity contribution is 5.72. The van der Waals surface area contributed by atoms with Crippen LogP contribution in [0.3, 0.4) is 0 Å². The van der Waals surface area contributed by atoms with Crippen molar-refractivity contribution in [3.63, 3.8) is 0 Å². The van der Waals surface area contributed by atoms with E-state index in [0.29, 0.717) is 0 Å². The third-order valence-electron chi connectivity index (χ3n) is 3.38. The van der Waals surface area contributed by atoms with Gasteiger partial charge in [0, 0.05) is 6.04 Å². The van der Waals surface area contributed by atoms with Gasteiger partial charge in [-0.15, -0.1) is 0 Å². The molecule has 2 atom stereocenters. The lowest BCUT2D eigenvalue weighted by molar-refractivity contribution is -0.145. The monoisotopic (exact) mass is 265 g/mol. The first kappa shape index (κ1) is 15.5. The molecule has 1 rings (SSSR count). The Morgan fingerprint density at radius 3 is 2.58 bits per heavy atom. The molecule has 0 aromatic heterocycles. The van der Waals surface area contributed by atoms with Crippen LogP contribution in [0.2, 0.25) is 0 Å².